The maximum Gasteiger partial charge on any atom is 0.235 e. The Balaban J connectivity index is 1.90. The van der Waals surface area contributed by atoms with Gasteiger partial charge < -0.3 is 0 Å². The van der Waals surface area contributed by atoms with Gasteiger partial charge in [0, 0.05) is 18.0 Å². The van der Waals surface area contributed by atoms with Gasteiger partial charge in [0.2, 0.25) is 4.96 Å². The van der Waals surface area contributed by atoms with Crippen LogP contribution >= 0.6 is 22.9 Å². The number of rotatable bonds is 2. The van der Waals surface area contributed by atoms with Crippen LogP contribution in [0.4, 0.5) is 0 Å². The van der Waals surface area contributed by atoms with Crippen molar-refractivity contribution in [3.8, 4) is 21.3 Å². The van der Waals surface area contributed by atoms with Gasteiger partial charge in [0.1, 0.15) is 4.88 Å². The number of nitrogens with zero attached hydrogens (tertiary/aromatic N) is 7. The SMILES string of the molecule is Cc1nnsc1-c1nn2c(-c3ccncc3)nnc2s1. The molecule has 4 aromatic rings. The third-order valence-electron chi connectivity index (χ3n) is 2.78. The Bertz CT molecular complexity index is 877. The summed E-state index contributed by atoms with van der Waals surface area (Å²) in [6.45, 7) is 1.92. The molecule has 0 radical (unpaired) electrons. The molecule has 98 valence electrons. The van der Waals surface area contributed by atoms with Crippen LogP contribution in [-0.4, -0.2) is 34.4 Å². The van der Waals surface area contributed by atoms with Gasteiger partial charge in [-0.2, -0.15) is 9.61 Å². The van der Waals surface area contributed by atoms with Crippen molar-refractivity contribution in [1.29, 1.82) is 0 Å². The molecule has 0 aliphatic carbocycles. The second kappa shape index (κ2) is 4.39. The Labute approximate surface area is 121 Å². The lowest BCUT2D eigenvalue weighted by atomic mass is 10.2. The van der Waals surface area contributed by atoms with E-state index in [1.165, 1.54) is 22.9 Å². The maximum absolute atomic E-state index is 4.57. The van der Waals surface area contributed by atoms with Crippen LogP contribution in [0.15, 0.2) is 24.5 Å². The summed E-state index contributed by atoms with van der Waals surface area (Å²) in [5.74, 6) is 0.708. The molecule has 0 aliphatic heterocycles. The van der Waals surface area contributed by atoms with E-state index in [9.17, 15) is 0 Å². The fraction of sp³-hybridized carbons (Fsp3) is 0.0909. The van der Waals surface area contributed by atoms with Crippen LogP contribution in [0.5, 0.6) is 0 Å². The standard InChI is InChI=1S/C11H7N7S2/c1-6-8(20-17-13-6)10-16-18-9(14-15-11(18)19-10)7-2-4-12-5-3-7/h2-5H,1H3. The van der Waals surface area contributed by atoms with Crippen molar-refractivity contribution in [3.05, 3.63) is 30.2 Å². The average Bonchev–Trinajstić information content (AvgIpc) is 3.13. The first-order valence-electron chi connectivity index (χ1n) is 5.75. The third-order valence-corrected chi connectivity index (χ3v) is 4.66. The first-order chi connectivity index (χ1) is 9.83. The van der Waals surface area contributed by atoms with Crippen molar-refractivity contribution in [2.45, 2.75) is 6.92 Å². The summed E-state index contributed by atoms with van der Waals surface area (Å²) in [5, 5.41) is 17.8. The molecule has 0 N–H and O–H groups in total. The van der Waals surface area contributed by atoms with Crippen LogP contribution in [0.2, 0.25) is 0 Å². The highest BCUT2D eigenvalue weighted by molar-refractivity contribution is 7.23. The van der Waals surface area contributed by atoms with Gasteiger partial charge in [-0.15, -0.1) is 15.3 Å². The number of pyridine rings is 1. The minimum atomic E-state index is 0.708. The van der Waals surface area contributed by atoms with Crippen molar-refractivity contribution < 1.29 is 0 Å². The Morgan fingerprint density at radius 2 is 1.95 bits per heavy atom. The largest absolute Gasteiger partial charge is 0.265 e. The molecule has 20 heavy (non-hydrogen) atoms. The van der Waals surface area contributed by atoms with Crippen LogP contribution in [0.3, 0.4) is 0 Å². The summed E-state index contributed by atoms with van der Waals surface area (Å²) in [6, 6.07) is 3.77. The highest BCUT2D eigenvalue weighted by atomic mass is 32.1. The summed E-state index contributed by atoms with van der Waals surface area (Å²) in [6.07, 6.45) is 3.45. The summed E-state index contributed by atoms with van der Waals surface area (Å²) in [5.41, 5.74) is 1.81. The molecular formula is C11H7N7S2. The molecule has 0 spiro atoms. The van der Waals surface area contributed by atoms with E-state index in [-0.39, 0.29) is 0 Å². The van der Waals surface area contributed by atoms with Crippen molar-refractivity contribution in [2.75, 3.05) is 0 Å². The molecule has 0 amide bonds. The molecule has 0 aromatic carbocycles. The van der Waals surface area contributed by atoms with Gasteiger partial charge in [-0.1, -0.05) is 15.8 Å². The Kier molecular flexibility index (Phi) is 2.54. The fourth-order valence-electron chi connectivity index (χ4n) is 1.82. The monoisotopic (exact) mass is 301 g/mol. The molecule has 4 aromatic heterocycles. The van der Waals surface area contributed by atoms with Crippen LogP contribution in [0.25, 0.3) is 26.2 Å². The van der Waals surface area contributed by atoms with Gasteiger partial charge in [-0.25, -0.2) is 0 Å². The number of fused-ring (bicyclic) bond motifs is 1. The topological polar surface area (TPSA) is 81.8 Å². The predicted molar refractivity (Wildman–Crippen MR) is 75.5 cm³/mol. The molecule has 0 unspecified atom stereocenters. The van der Waals surface area contributed by atoms with Crippen molar-refractivity contribution in [1.82, 2.24) is 34.4 Å². The number of aryl methyl sites for hydroxylation is 1. The molecule has 0 atom stereocenters. The third kappa shape index (κ3) is 1.71. The lowest BCUT2D eigenvalue weighted by molar-refractivity contribution is 0.969. The normalized spacial score (nSPS) is 11.2. The van der Waals surface area contributed by atoms with Gasteiger partial charge in [-0.3, -0.25) is 4.98 Å². The lowest BCUT2D eigenvalue weighted by Gasteiger charge is -1.94. The highest BCUT2D eigenvalue weighted by Crippen LogP contribution is 2.31. The smallest absolute Gasteiger partial charge is 0.235 e. The van der Waals surface area contributed by atoms with E-state index in [0.717, 1.165) is 26.1 Å². The molecule has 0 aliphatic rings. The van der Waals surface area contributed by atoms with Crippen LogP contribution in [0.1, 0.15) is 5.69 Å². The molecule has 0 saturated heterocycles. The van der Waals surface area contributed by atoms with E-state index in [2.05, 4.69) is 29.9 Å². The Morgan fingerprint density at radius 1 is 1.10 bits per heavy atom. The maximum atomic E-state index is 4.57. The van der Waals surface area contributed by atoms with Gasteiger partial charge in [-0.05, 0) is 30.6 Å². The quantitative estimate of drug-likeness (QED) is 0.564. The summed E-state index contributed by atoms with van der Waals surface area (Å²) in [7, 11) is 0. The fourth-order valence-corrected chi connectivity index (χ4v) is 3.42. The van der Waals surface area contributed by atoms with Crippen molar-refractivity contribution >= 4 is 27.8 Å². The predicted octanol–water partition coefficient (Wildman–Crippen LogP) is 2.07. The molecule has 0 fully saturated rings. The zero-order valence-electron chi connectivity index (χ0n) is 10.3. The van der Waals surface area contributed by atoms with Crippen LogP contribution in [0, 0.1) is 6.92 Å². The molecule has 7 nitrogen and oxygen atoms in total. The van der Waals surface area contributed by atoms with Crippen molar-refractivity contribution in [2.24, 2.45) is 0 Å². The Morgan fingerprint density at radius 3 is 2.70 bits per heavy atom. The highest BCUT2D eigenvalue weighted by Gasteiger charge is 2.17. The average molecular weight is 301 g/mol. The van der Waals surface area contributed by atoms with Crippen molar-refractivity contribution in [3.63, 3.8) is 0 Å². The Hall–Kier alpha value is -2.26. The van der Waals surface area contributed by atoms with E-state index in [1.807, 2.05) is 19.1 Å². The van der Waals surface area contributed by atoms with Crippen LogP contribution in [-0.2, 0) is 0 Å². The molecule has 9 heteroatoms. The number of hydrogen-bond acceptors (Lipinski definition) is 8. The zero-order valence-corrected chi connectivity index (χ0v) is 11.9. The minimum Gasteiger partial charge on any atom is -0.265 e. The van der Waals surface area contributed by atoms with E-state index < -0.39 is 0 Å². The molecule has 4 heterocycles. The molecule has 0 bridgehead atoms. The first-order valence-corrected chi connectivity index (χ1v) is 7.34. The second-order valence-electron chi connectivity index (χ2n) is 4.05. The minimum absolute atomic E-state index is 0.708. The van der Waals surface area contributed by atoms with Crippen LogP contribution < -0.4 is 0 Å². The zero-order chi connectivity index (χ0) is 13.5. The lowest BCUT2D eigenvalue weighted by Crippen LogP contribution is -1.91. The van der Waals surface area contributed by atoms with E-state index in [1.54, 1.807) is 16.9 Å². The van der Waals surface area contributed by atoms with E-state index in [4.69, 9.17) is 0 Å². The molecule has 0 saturated carbocycles. The summed E-state index contributed by atoms with van der Waals surface area (Å²) >= 11 is 2.82. The number of aromatic nitrogens is 7. The first kappa shape index (κ1) is 11.6. The second-order valence-corrected chi connectivity index (χ2v) is 5.76. The van der Waals surface area contributed by atoms with E-state index in [0.29, 0.717) is 5.82 Å². The molecule has 4 rings (SSSR count). The van der Waals surface area contributed by atoms with Gasteiger partial charge in [0.25, 0.3) is 0 Å². The molecular weight excluding hydrogens is 294 g/mol. The van der Waals surface area contributed by atoms with Gasteiger partial charge in [0.15, 0.2) is 10.8 Å². The summed E-state index contributed by atoms with van der Waals surface area (Å²) < 4.78 is 5.68. The summed E-state index contributed by atoms with van der Waals surface area (Å²) in [4.78, 5) is 5.73. The van der Waals surface area contributed by atoms with Gasteiger partial charge >= 0.3 is 0 Å². The van der Waals surface area contributed by atoms with Gasteiger partial charge in [0.05, 0.1) is 5.69 Å². The van der Waals surface area contributed by atoms with E-state index >= 15 is 0 Å². The number of hydrogen-bond donors (Lipinski definition) is 0.